The van der Waals surface area contributed by atoms with Gasteiger partial charge in [0, 0.05) is 23.6 Å². The molecule has 0 aliphatic heterocycles. The van der Waals surface area contributed by atoms with Gasteiger partial charge >= 0.3 is 0 Å². The summed E-state index contributed by atoms with van der Waals surface area (Å²) in [6.45, 7) is 1.85. The van der Waals surface area contributed by atoms with Gasteiger partial charge in [-0.2, -0.15) is 5.48 Å². The Morgan fingerprint density at radius 3 is 2.46 bits per heavy atom. The van der Waals surface area contributed by atoms with Crippen molar-refractivity contribution in [2.75, 3.05) is 14.1 Å². The van der Waals surface area contributed by atoms with Crippen LogP contribution in [0.3, 0.4) is 0 Å². The molecule has 0 bridgehead atoms. The first-order chi connectivity index (χ1) is 12.5. The van der Waals surface area contributed by atoms with E-state index in [0.29, 0.717) is 5.56 Å². The van der Waals surface area contributed by atoms with Crippen LogP contribution in [0.4, 0.5) is 0 Å². The molecule has 3 aromatic rings. The van der Waals surface area contributed by atoms with Gasteiger partial charge in [0.1, 0.15) is 17.5 Å². The molecule has 6 heteroatoms. The zero-order valence-electron chi connectivity index (χ0n) is 15.1. The third kappa shape index (κ3) is 3.48. The Labute approximate surface area is 152 Å². The van der Waals surface area contributed by atoms with Crippen molar-refractivity contribution in [1.82, 2.24) is 15.7 Å². The van der Waals surface area contributed by atoms with Gasteiger partial charge in [0.15, 0.2) is 0 Å². The second-order valence-corrected chi connectivity index (χ2v) is 6.28. The predicted molar refractivity (Wildman–Crippen MR) is 101 cm³/mol. The lowest BCUT2D eigenvalue weighted by Gasteiger charge is -2.30. The fourth-order valence-corrected chi connectivity index (χ4v) is 2.93. The maximum atomic E-state index is 12.7. The molecule has 2 aromatic carbocycles. The van der Waals surface area contributed by atoms with Crippen LogP contribution in [0.2, 0.25) is 0 Å². The second kappa shape index (κ2) is 7.70. The van der Waals surface area contributed by atoms with E-state index in [1.807, 2.05) is 49.4 Å². The standard InChI is InChI=1S/C20H23N3O3/c1-13(19(21-2)22-25)23(3)20(24)15-10-8-14(9-11-15)18-12-16-6-4-5-7-17(16)26-18/h4-13,19,21-22,25H,1-3H3. The van der Waals surface area contributed by atoms with Crippen molar-refractivity contribution in [3.63, 3.8) is 0 Å². The number of furan rings is 1. The van der Waals surface area contributed by atoms with Gasteiger partial charge in [-0.15, -0.1) is 0 Å². The van der Waals surface area contributed by atoms with Crippen LogP contribution in [-0.2, 0) is 0 Å². The van der Waals surface area contributed by atoms with E-state index < -0.39 is 6.17 Å². The van der Waals surface area contributed by atoms with Gasteiger partial charge in [-0.05, 0) is 38.2 Å². The minimum Gasteiger partial charge on any atom is -0.456 e. The summed E-state index contributed by atoms with van der Waals surface area (Å²) in [7, 11) is 3.42. The average molecular weight is 353 g/mol. The van der Waals surface area contributed by atoms with Crippen molar-refractivity contribution >= 4 is 16.9 Å². The van der Waals surface area contributed by atoms with Gasteiger partial charge in [-0.25, -0.2) is 0 Å². The molecule has 0 saturated carbocycles. The normalized spacial score (nSPS) is 13.5. The third-order valence-electron chi connectivity index (χ3n) is 4.71. The highest BCUT2D eigenvalue weighted by Crippen LogP contribution is 2.28. The lowest BCUT2D eigenvalue weighted by Crippen LogP contribution is -2.54. The fourth-order valence-electron chi connectivity index (χ4n) is 2.93. The SMILES string of the molecule is CNC(NO)C(C)N(C)C(=O)c1ccc(-c2cc3ccccc3o2)cc1. The number of likely N-dealkylation sites (N-methyl/N-ethyl adjacent to an activating group) is 2. The number of amides is 1. The molecule has 2 unspecified atom stereocenters. The molecule has 0 aliphatic rings. The highest BCUT2D eigenvalue weighted by Gasteiger charge is 2.23. The highest BCUT2D eigenvalue weighted by molar-refractivity contribution is 5.95. The molecule has 3 N–H and O–H groups in total. The van der Waals surface area contributed by atoms with Crippen LogP contribution in [0.1, 0.15) is 17.3 Å². The molecule has 1 heterocycles. The molecule has 0 saturated heterocycles. The maximum absolute atomic E-state index is 12.7. The van der Waals surface area contributed by atoms with Crippen LogP contribution in [0.15, 0.2) is 59.0 Å². The molecule has 0 aliphatic carbocycles. The van der Waals surface area contributed by atoms with Gasteiger partial charge < -0.3 is 19.8 Å². The molecule has 0 spiro atoms. The Morgan fingerprint density at radius 2 is 1.85 bits per heavy atom. The Bertz CT molecular complexity index is 852. The quantitative estimate of drug-likeness (QED) is 0.469. The number of carbonyl (C=O) groups is 1. The Morgan fingerprint density at radius 1 is 1.15 bits per heavy atom. The van der Waals surface area contributed by atoms with Crippen LogP contribution < -0.4 is 10.8 Å². The van der Waals surface area contributed by atoms with Crippen molar-refractivity contribution in [3.8, 4) is 11.3 Å². The summed E-state index contributed by atoms with van der Waals surface area (Å²) in [5.74, 6) is 0.649. The van der Waals surface area contributed by atoms with Crippen molar-refractivity contribution in [1.29, 1.82) is 0 Å². The number of nitrogens with zero attached hydrogens (tertiary/aromatic N) is 1. The number of rotatable bonds is 6. The summed E-state index contributed by atoms with van der Waals surface area (Å²) in [5.41, 5.74) is 4.49. The molecule has 0 radical (unpaired) electrons. The van der Waals surface area contributed by atoms with E-state index in [1.54, 1.807) is 31.1 Å². The summed E-state index contributed by atoms with van der Waals surface area (Å²) >= 11 is 0. The van der Waals surface area contributed by atoms with E-state index in [0.717, 1.165) is 22.3 Å². The molecule has 0 fully saturated rings. The van der Waals surface area contributed by atoms with Crippen molar-refractivity contribution < 1.29 is 14.4 Å². The predicted octanol–water partition coefficient (Wildman–Crippen LogP) is 3.08. The van der Waals surface area contributed by atoms with Gasteiger partial charge in [-0.1, -0.05) is 30.3 Å². The fraction of sp³-hybridized carbons (Fsp3) is 0.250. The summed E-state index contributed by atoms with van der Waals surface area (Å²) in [4.78, 5) is 14.3. The second-order valence-electron chi connectivity index (χ2n) is 6.28. The number of carbonyl (C=O) groups excluding carboxylic acids is 1. The van der Waals surface area contributed by atoms with E-state index in [4.69, 9.17) is 9.62 Å². The number of hydroxylamine groups is 1. The van der Waals surface area contributed by atoms with E-state index in [2.05, 4.69) is 10.8 Å². The Balaban J connectivity index is 1.79. The van der Waals surface area contributed by atoms with E-state index in [9.17, 15) is 4.79 Å². The number of para-hydroxylation sites is 1. The van der Waals surface area contributed by atoms with E-state index in [1.165, 1.54) is 0 Å². The number of benzene rings is 2. The summed E-state index contributed by atoms with van der Waals surface area (Å²) in [6, 6.07) is 16.9. The van der Waals surface area contributed by atoms with Gasteiger partial charge in [0.25, 0.3) is 5.91 Å². The van der Waals surface area contributed by atoms with Crippen LogP contribution in [0, 0.1) is 0 Å². The largest absolute Gasteiger partial charge is 0.456 e. The lowest BCUT2D eigenvalue weighted by molar-refractivity contribution is 0.0493. The zero-order valence-corrected chi connectivity index (χ0v) is 15.1. The number of nitrogens with one attached hydrogen (secondary N) is 2. The first-order valence-electron chi connectivity index (χ1n) is 8.48. The molecule has 3 rings (SSSR count). The first-order valence-corrected chi connectivity index (χ1v) is 8.48. The topological polar surface area (TPSA) is 77.7 Å². The molecular formula is C20H23N3O3. The molecule has 26 heavy (non-hydrogen) atoms. The number of fused-ring (bicyclic) bond motifs is 1. The summed E-state index contributed by atoms with van der Waals surface area (Å²) in [6.07, 6.45) is -0.418. The maximum Gasteiger partial charge on any atom is 0.253 e. The Hall–Kier alpha value is -2.67. The minimum atomic E-state index is -0.418. The Kier molecular flexibility index (Phi) is 5.37. The zero-order chi connectivity index (χ0) is 18.7. The van der Waals surface area contributed by atoms with Crippen LogP contribution in [-0.4, -0.2) is 42.3 Å². The van der Waals surface area contributed by atoms with Crippen LogP contribution in [0.5, 0.6) is 0 Å². The molecule has 6 nitrogen and oxygen atoms in total. The van der Waals surface area contributed by atoms with Crippen LogP contribution in [0.25, 0.3) is 22.3 Å². The average Bonchev–Trinajstić information content (AvgIpc) is 3.12. The van der Waals surface area contributed by atoms with Crippen molar-refractivity contribution in [3.05, 3.63) is 60.2 Å². The minimum absolute atomic E-state index is 0.121. The summed E-state index contributed by atoms with van der Waals surface area (Å²) < 4.78 is 5.86. The third-order valence-corrected chi connectivity index (χ3v) is 4.71. The molecule has 1 aromatic heterocycles. The molecule has 1 amide bonds. The lowest BCUT2D eigenvalue weighted by atomic mass is 10.1. The number of hydrogen-bond acceptors (Lipinski definition) is 5. The summed E-state index contributed by atoms with van der Waals surface area (Å²) in [5, 5.41) is 13.1. The van der Waals surface area contributed by atoms with Gasteiger partial charge in [0.05, 0.1) is 6.04 Å². The monoisotopic (exact) mass is 353 g/mol. The van der Waals surface area contributed by atoms with Gasteiger partial charge in [0.2, 0.25) is 0 Å². The molecule has 136 valence electrons. The first kappa shape index (κ1) is 18.1. The molecule has 2 atom stereocenters. The van der Waals surface area contributed by atoms with Crippen molar-refractivity contribution in [2.45, 2.75) is 19.1 Å². The van der Waals surface area contributed by atoms with Crippen LogP contribution >= 0.6 is 0 Å². The van der Waals surface area contributed by atoms with E-state index in [-0.39, 0.29) is 11.9 Å². The number of hydrogen-bond donors (Lipinski definition) is 3. The smallest absolute Gasteiger partial charge is 0.253 e. The van der Waals surface area contributed by atoms with E-state index >= 15 is 0 Å². The van der Waals surface area contributed by atoms with Crippen molar-refractivity contribution in [2.24, 2.45) is 0 Å². The van der Waals surface area contributed by atoms with Gasteiger partial charge in [-0.3, -0.25) is 4.79 Å². The highest BCUT2D eigenvalue weighted by atomic mass is 16.5. The molecular weight excluding hydrogens is 330 g/mol.